The van der Waals surface area contributed by atoms with E-state index in [-0.39, 0.29) is 11.7 Å². The average Bonchev–Trinajstić information content (AvgIpc) is 2.96. The molecule has 0 spiro atoms. The molecule has 0 saturated heterocycles. The Hall–Kier alpha value is -3.21. The number of aromatic hydroxyl groups is 1. The summed E-state index contributed by atoms with van der Waals surface area (Å²) in [5, 5.41) is 9.64. The first-order chi connectivity index (χ1) is 14.1. The van der Waals surface area contributed by atoms with Crippen molar-refractivity contribution in [1.82, 2.24) is 14.9 Å². The number of rotatable bonds is 3. The molecule has 2 aromatic carbocycles. The highest BCUT2D eigenvalue weighted by Gasteiger charge is 2.24. The normalized spacial score (nSPS) is 13.7. The van der Waals surface area contributed by atoms with Gasteiger partial charge in [-0.05, 0) is 49.2 Å². The van der Waals surface area contributed by atoms with Crippen molar-refractivity contribution in [1.29, 1.82) is 0 Å². The fourth-order valence-electron chi connectivity index (χ4n) is 3.85. The Morgan fingerprint density at radius 1 is 1.03 bits per heavy atom. The lowest BCUT2D eigenvalue weighted by atomic mass is 10.0. The molecule has 0 bridgehead atoms. The third kappa shape index (κ3) is 3.86. The van der Waals surface area contributed by atoms with Gasteiger partial charge < -0.3 is 10.0 Å². The zero-order valence-corrected chi connectivity index (χ0v) is 16.9. The zero-order chi connectivity index (χ0) is 20.4. The van der Waals surface area contributed by atoms with Crippen LogP contribution in [-0.4, -0.2) is 39.0 Å². The van der Waals surface area contributed by atoms with Crippen LogP contribution in [0.25, 0.3) is 11.3 Å². The van der Waals surface area contributed by atoms with E-state index in [9.17, 15) is 9.90 Å². The fraction of sp³-hybridized carbons (Fsp3) is 0.292. The molecule has 1 aromatic heterocycles. The average molecular weight is 387 g/mol. The molecule has 5 nitrogen and oxygen atoms in total. The monoisotopic (exact) mass is 387 g/mol. The molecular formula is C24H25N3O2. The molecule has 0 aliphatic carbocycles. The van der Waals surface area contributed by atoms with E-state index in [4.69, 9.17) is 9.97 Å². The molecule has 4 rings (SSSR count). The van der Waals surface area contributed by atoms with Gasteiger partial charge in [-0.25, -0.2) is 9.97 Å². The number of phenolic OH excluding ortho intramolecular Hbond substituents is 1. The second-order valence-corrected chi connectivity index (χ2v) is 7.42. The summed E-state index contributed by atoms with van der Waals surface area (Å²) in [6.45, 7) is 5.31. The van der Waals surface area contributed by atoms with Crippen molar-refractivity contribution >= 4 is 5.91 Å². The molecule has 0 atom stereocenters. The van der Waals surface area contributed by atoms with Gasteiger partial charge in [0.2, 0.25) is 0 Å². The van der Waals surface area contributed by atoms with Crippen LogP contribution in [0.15, 0.2) is 48.5 Å². The highest BCUT2D eigenvalue weighted by atomic mass is 16.3. The van der Waals surface area contributed by atoms with Gasteiger partial charge in [0.25, 0.3) is 5.91 Å². The first kappa shape index (κ1) is 19.1. The van der Waals surface area contributed by atoms with E-state index in [0.717, 1.165) is 45.9 Å². The van der Waals surface area contributed by atoms with Crippen LogP contribution in [0.4, 0.5) is 0 Å². The van der Waals surface area contributed by atoms with Crippen molar-refractivity contribution in [3.8, 4) is 17.0 Å². The molecule has 29 heavy (non-hydrogen) atoms. The van der Waals surface area contributed by atoms with Gasteiger partial charge in [-0.15, -0.1) is 0 Å². The predicted octanol–water partition coefficient (Wildman–Crippen LogP) is 3.96. The van der Waals surface area contributed by atoms with Crippen molar-refractivity contribution < 1.29 is 9.90 Å². The summed E-state index contributed by atoms with van der Waals surface area (Å²) < 4.78 is 0. The van der Waals surface area contributed by atoms with E-state index in [0.29, 0.717) is 25.9 Å². The van der Waals surface area contributed by atoms with Crippen LogP contribution < -0.4 is 0 Å². The molecule has 0 radical (unpaired) electrons. The Bertz CT molecular complexity index is 1040. The molecule has 1 amide bonds. The zero-order valence-electron chi connectivity index (χ0n) is 16.9. The summed E-state index contributed by atoms with van der Waals surface area (Å²) in [4.78, 5) is 24.6. The standard InChI is InChI=1S/C24H25N3O2/c1-3-22-25-21-13-15-27(24(29)19-7-5-4-6-16(19)2)14-12-20(21)23(26-22)17-8-10-18(28)11-9-17/h4-11,28H,3,12-15H2,1-2H3. The summed E-state index contributed by atoms with van der Waals surface area (Å²) in [6.07, 6.45) is 2.19. The number of carbonyl (C=O) groups excluding carboxylic acids is 1. The lowest BCUT2D eigenvalue weighted by Gasteiger charge is -2.21. The lowest BCUT2D eigenvalue weighted by Crippen LogP contribution is -2.33. The number of phenols is 1. The summed E-state index contributed by atoms with van der Waals surface area (Å²) in [7, 11) is 0. The van der Waals surface area contributed by atoms with Crippen LogP contribution in [-0.2, 0) is 19.3 Å². The minimum Gasteiger partial charge on any atom is -0.508 e. The first-order valence-corrected chi connectivity index (χ1v) is 10.1. The summed E-state index contributed by atoms with van der Waals surface area (Å²) in [5.74, 6) is 1.12. The maximum Gasteiger partial charge on any atom is 0.254 e. The van der Waals surface area contributed by atoms with Crippen LogP contribution in [0.3, 0.4) is 0 Å². The van der Waals surface area contributed by atoms with Crippen LogP contribution in [0.5, 0.6) is 5.75 Å². The number of aromatic nitrogens is 2. The molecule has 1 aliphatic heterocycles. The third-order valence-corrected chi connectivity index (χ3v) is 5.51. The minimum atomic E-state index is 0.0748. The van der Waals surface area contributed by atoms with Gasteiger partial charge in [0.1, 0.15) is 11.6 Å². The van der Waals surface area contributed by atoms with Gasteiger partial charge in [-0.1, -0.05) is 25.1 Å². The summed E-state index contributed by atoms with van der Waals surface area (Å²) in [6, 6.07) is 14.9. The van der Waals surface area contributed by atoms with Gasteiger partial charge in [0, 0.05) is 48.3 Å². The minimum absolute atomic E-state index is 0.0748. The quantitative estimate of drug-likeness (QED) is 0.739. The van der Waals surface area contributed by atoms with Gasteiger partial charge >= 0.3 is 0 Å². The number of carbonyl (C=O) groups is 1. The number of nitrogens with zero attached hydrogens (tertiary/aromatic N) is 3. The van der Waals surface area contributed by atoms with E-state index in [2.05, 4.69) is 0 Å². The van der Waals surface area contributed by atoms with E-state index in [1.54, 1.807) is 12.1 Å². The largest absolute Gasteiger partial charge is 0.508 e. The summed E-state index contributed by atoms with van der Waals surface area (Å²) >= 11 is 0. The molecule has 1 aliphatic rings. The van der Waals surface area contributed by atoms with Gasteiger partial charge in [0.15, 0.2) is 0 Å². The van der Waals surface area contributed by atoms with Crippen LogP contribution in [0.2, 0.25) is 0 Å². The van der Waals surface area contributed by atoms with Gasteiger partial charge in [-0.3, -0.25) is 4.79 Å². The van der Waals surface area contributed by atoms with Gasteiger partial charge in [-0.2, -0.15) is 0 Å². The molecule has 5 heteroatoms. The van der Waals surface area contributed by atoms with Crippen LogP contribution in [0, 0.1) is 6.92 Å². The Kier molecular flexibility index (Phi) is 5.30. The maximum atomic E-state index is 13.1. The summed E-state index contributed by atoms with van der Waals surface area (Å²) in [5.41, 5.74) is 5.77. The number of amides is 1. The molecule has 148 valence electrons. The van der Waals surface area contributed by atoms with E-state index >= 15 is 0 Å². The SMILES string of the molecule is CCc1nc2c(c(-c3ccc(O)cc3)n1)CCN(C(=O)c1ccccc1C)CC2. The van der Waals surface area contributed by atoms with Crippen LogP contribution >= 0.6 is 0 Å². The van der Waals surface area contributed by atoms with Crippen molar-refractivity contribution in [3.63, 3.8) is 0 Å². The molecule has 0 fully saturated rings. The number of hydrogen-bond donors (Lipinski definition) is 1. The Morgan fingerprint density at radius 3 is 2.48 bits per heavy atom. The second kappa shape index (κ2) is 8.03. The van der Waals surface area contributed by atoms with E-state index in [1.165, 1.54) is 0 Å². The van der Waals surface area contributed by atoms with Crippen molar-refractivity contribution in [2.45, 2.75) is 33.1 Å². The van der Waals surface area contributed by atoms with Crippen molar-refractivity contribution in [2.24, 2.45) is 0 Å². The molecule has 2 heterocycles. The Balaban J connectivity index is 1.68. The highest BCUT2D eigenvalue weighted by Crippen LogP contribution is 2.28. The lowest BCUT2D eigenvalue weighted by molar-refractivity contribution is 0.0762. The predicted molar refractivity (Wildman–Crippen MR) is 113 cm³/mol. The number of fused-ring (bicyclic) bond motifs is 1. The Morgan fingerprint density at radius 2 is 1.76 bits per heavy atom. The van der Waals surface area contributed by atoms with E-state index < -0.39 is 0 Å². The number of aryl methyl sites for hydroxylation is 2. The smallest absolute Gasteiger partial charge is 0.254 e. The number of benzene rings is 2. The Labute approximate surface area is 171 Å². The third-order valence-electron chi connectivity index (χ3n) is 5.51. The van der Waals surface area contributed by atoms with Crippen molar-refractivity contribution in [2.75, 3.05) is 13.1 Å². The van der Waals surface area contributed by atoms with E-state index in [1.807, 2.05) is 55.1 Å². The van der Waals surface area contributed by atoms with Gasteiger partial charge in [0.05, 0.1) is 5.69 Å². The topological polar surface area (TPSA) is 66.3 Å². The second-order valence-electron chi connectivity index (χ2n) is 7.42. The maximum absolute atomic E-state index is 13.1. The molecule has 0 unspecified atom stereocenters. The molecule has 1 N–H and O–H groups in total. The van der Waals surface area contributed by atoms with Crippen molar-refractivity contribution in [3.05, 3.63) is 76.7 Å². The fourth-order valence-corrected chi connectivity index (χ4v) is 3.85. The first-order valence-electron chi connectivity index (χ1n) is 10.1. The highest BCUT2D eigenvalue weighted by molar-refractivity contribution is 5.95. The molecule has 0 saturated carbocycles. The molecule has 3 aromatic rings. The van der Waals surface area contributed by atoms with Crippen LogP contribution in [0.1, 0.15) is 39.9 Å². The number of hydrogen-bond acceptors (Lipinski definition) is 4. The molecular weight excluding hydrogens is 362 g/mol.